The first kappa shape index (κ1) is 7.28. The zero-order chi connectivity index (χ0) is 7.23. The van der Waals surface area contributed by atoms with Gasteiger partial charge in [-0.1, -0.05) is 11.2 Å². The van der Waals surface area contributed by atoms with Gasteiger partial charge in [-0.25, -0.2) is 0 Å². The summed E-state index contributed by atoms with van der Waals surface area (Å²) < 4.78 is 0. The molecule has 0 aliphatic carbocycles. The highest BCUT2D eigenvalue weighted by molar-refractivity contribution is 5.78. The van der Waals surface area contributed by atoms with E-state index in [9.17, 15) is 0 Å². The monoisotopic (exact) mass is 140 g/mol. The van der Waals surface area contributed by atoms with Gasteiger partial charge in [0.1, 0.15) is 7.11 Å². The number of nitrogens with zero attached hydrogens (tertiary/aromatic N) is 1. The first-order chi connectivity index (χ1) is 4.93. The summed E-state index contributed by atoms with van der Waals surface area (Å²) in [6.07, 6.45) is 5.00. The molecule has 10 heavy (non-hydrogen) atoms. The fourth-order valence-corrected chi connectivity index (χ4v) is 0.883. The number of rotatable bonds is 2. The third-order valence-corrected chi connectivity index (χ3v) is 1.38. The number of hydrogen-bond acceptors (Lipinski definition) is 3. The lowest BCUT2D eigenvalue weighted by atomic mass is 10.2. The van der Waals surface area contributed by atoms with Crippen LogP contribution < -0.4 is 5.32 Å². The van der Waals surface area contributed by atoms with Gasteiger partial charge in [0.05, 0.1) is 6.21 Å². The molecular weight excluding hydrogens is 128 g/mol. The van der Waals surface area contributed by atoms with Crippen LogP contribution in [0.15, 0.2) is 16.8 Å². The second-order valence-corrected chi connectivity index (χ2v) is 2.16. The second kappa shape index (κ2) is 4.06. The van der Waals surface area contributed by atoms with Crippen LogP contribution in [0.4, 0.5) is 0 Å². The number of hydrogen-bond donors (Lipinski definition) is 1. The summed E-state index contributed by atoms with van der Waals surface area (Å²) in [5.74, 6) is 0. The largest absolute Gasteiger partial charge is 0.399 e. The molecule has 0 saturated carbocycles. The van der Waals surface area contributed by atoms with Crippen LogP contribution in [0.25, 0.3) is 0 Å². The first-order valence-electron chi connectivity index (χ1n) is 3.40. The molecule has 0 aromatic heterocycles. The second-order valence-electron chi connectivity index (χ2n) is 2.16. The Labute approximate surface area is 60.7 Å². The quantitative estimate of drug-likeness (QED) is 0.448. The van der Waals surface area contributed by atoms with Crippen LogP contribution in [0, 0.1) is 0 Å². The average Bonchev–Trinajstić information content (AvgIpc) is 2.03. The molecule has 0 amide bonds. The minimum Gasteiger partial charge on any atom is -0.399 e. The summed E-state index contributed by atoms with van der Waals surface area (Å²) >= 11 is 0. The van der Waals surface area contributed by atoms with Gasteiger partial charge in [0, 0.05) is 6.54 Å². The van der Waals surface area contributed by atoms with E-state index in [1.165, 1.54) is 5.57 Å². The smallest absolute Gasteiger partial charge is 0.106 e. The Morgan fingerprint density at radius 1 is 1.80 bits per heavy atom. The maximum absolute atomic E-state index is 4.55. The van der Waals surface area contributed by atoms with Gasteiger partial charge in [0.25, 0.3) is 0 Å². The lowest BCUT2D eigenvalue weighted by Crippen LogP contribution is -2.22. The van der Waals surface area contributed by atoms with Crippen molar-refractivity contribution in [1.29, 1.82) is 0 Å². The van der Waals surface area contributed by atoms with Crippen molar-refractivity contribution in [3.63, 3.8) is 0 Å². The molecule has 3 nitrogen and oxygen atoms in total. The van der Waals surface area contributed by atoms with Crippen molar-refractivity contribution in [1.82, 2.24) is 5.32 Å². The zero-order valence-electron chi connectivity index (χ0n) is 6.13. The lowest BCUT2D eigenvalue weighted by molar-refractivity contribution is 0.215. The van der Waals surface area contributed by atoms with Gasteiger partial charge in [-0.2, -0.15) is 0 Å². The van der Waals surface area contributed by atoms with Gasteiger partial charge < -0.3 is 10.2 Å². The molecule has 56 valence electrons. The summed E-state index contributed by atoms with van der Waals surface area (Å²) in [7, 11) is 1.55. The Bertz CT molecular complexity index is 152. The SMILES string of the molecule is CON=CC1=CCCNC1. The molecule has 1 heterocycles. The molecule has 3 heteroatoms. The number of oxime groups is 1. The third kappa shape index (κ3) is 2.19. The van der Waals surface area contributed by atoms with Crippen LogP contribution in [-0.2, 0) is 4.84 Å². The highest BCUT2D eigenvalue weighted by Crippen LogP contribution is 1.97. The van der Waals surface area contributed by atoms with Crippen molar-refractivity contribution in [3.05, 3.63) is 11.6 Å². The predicted octanol–water partition coefficient (Wildman–Crippen LogP) is 0.538. The maximum Gasteiger partial charge on any atom is 0.106 e. The molecule has 0 fully saturated rings. The summed E-state index contributed by atoms with van der Waals surface area (Å²) in [5, 5.41) is 6.89. The van der Waals surface area contributed by atoms with E-state index in [2.05, 4.69) is 21.4 Å². The van der Waals surface area contributed by atoms with Crippen LogP contribution >= 0.6 is 0 Å². The van der Waals surface area contributed by atoms with E-state index in [1.807, 2.05) is 0 Å². The van der Waals surface area contributed by atoms with E-state index in [0.29, 0.717) is 0 Å². The van der Waals surface area contributed by atoms with Crippen molar-refractivity contribution in [2.75, 3.05) is 20.2 Å². The molecule has 0 aromatic carbocycles. The van der Waals surface area contributed by atoms with Crippen LogP contribution in [0.3, 0.4) is 0 Å². The normalized spacial score (nSPS) is 19.1. The fraction of sp³-hybridized carbons (Fsp3) is 0.571. The van der Waals surface area contributed by atoms with Gasteiger partial charge >= 0.3 is 0 Å². The Morgan fingerprint density at radius 3 is 3.30 bits per heavy atom. The van der Waals surface area contributed by atoms with E-state index in [1.54, 1.807) is 13.3 Å². The molecule has 0 saturated heterocycles. The third-order valence-electron chi connectivity index (χ3n) is 1.38. The average molecular weight is 140 g/mol. The van der Waals surface area contributed by atoms with Crippen LogP contribution in [0.2, 0.25) is 0 Å². The maximum atomic E-state index is 4.55. The van der Waals surface area contributed by atoms with Crippen LogP contribution in [-0.4, -0.2) is 26.4 Å². The van der Waals surface area contributed by atoms with Crippen molar-refractivity contribution >= 4 is 6.21 Å². The minimum atomic E-state index is 0.910. The minimum absolute atomic E-state index is 0.910. The van der Waals surface area contributed by atoms with Gasteiger partial charge in [-0.15, -0.1) is 0 Å². The Hall–Kier alpha value is -0.830. The molecule has 1 aliphatic rings. The van der Waals surface area contributed by atoms with E-state index in [4.69, 9.17) is 0 Å². The number of nitrogens with one attached hydrogen (secondary N) is 1. The lowest BCUT2D eigenvalue weighted by Gasteiger charge is -2.08. The summed E-state index contributed by atoms with van der Waals surface area (Å²) in [6, 6.07) is 0. The Morgan fingerprint density at radius 2 is 2.70 bits per heavy atom. The van der Waals surface area contributed by atoms with Gasteiger partial charge in [0.15, 0.2) is 0 Å². The van der Waals surface area contributed by atoms with E-state index >= 15 is 0 Å². The van der Waals surface area contributed by atoms with Crippen molar-refractivity contribution in [2.24, 2.45) is 5.16 Å². The zero-order valence-corrected chi connectivity index (χ0v) is 6.13. The molecule has 0 aromatic rings. The Kier molecular flexibility index (Phi) is 2.96. The summed E-state index contributed by atoms with van der Waals surface area (Å²) in [5.41, 5.74) is 1.20. The molecule has 1 rings (SSSR count). The highest BCUT2D eigenvalue weighted by atomic mass is 16.6. The molecule has 0 atom stereocenters. The standard InChI is InChI=1S/C7H12N2O/c1-10-9-6-7-3-2-4-8-5-7/h3,6,8H,2,4-5H2,1H3. The van der Waals surface area contributed by atoms with Crippen molar-refractivity contribution in [3.8, 4) is 0 Å². The fourth-order valence-electron chi connectivity index (χ4n) is 0.883. The Balaban J connectivity index is 2.38. The van der Waals surface area contributed by atoms with E-state index < -0.39 is 0 Å². The van der Waals surface area contributed by atoms with Crippen LogP contribution in [0.5, 0.6) is 0 Å². The summed E-state index contributed by atoms with van der Waals surface area (Å²) in [4.78, 5) is 4.55. The van der Waals surface area contributed by atoms with Crippen molar-refractivity contribution < 1.29 is 4.84 Å². The topological polar surface area (TPSA) is 33.6 Å². The highest BCUT2D eigenvalue weighted by Gasteiger charge is 1.98. The molecule has 0 spiro atoms. The molecular formula is C7H12N2O. The summed E-state index contributed by atoms with van der Waals surface area (Å²) in [6.45, 7) is 1.98. The molecule has 0 bridgehead atoms. The molecule has 0 unspecified atom stereocenters. The molecule has 0 radical (unpaired) electrons. The van der Waals surface area contributed by atoms with Gasteiger partial charge in [0.2, 0.25) is 0 Å². The van der Waals surface area contributed by atoms with E-state index in [0.717, 1.165) is 19.5 Å². The molecule has 1 aliphatic heterocycles. The van der Waals surface area contributed by atoms with Crippen LogP contribution in [0.1, 0.15) is 6.42 Å². The predicted molar refractivity (Wildman–Crippen MR) is 41.1 cm³/mol. The van der Waals surface area contributed by atoms with E-state index in [-0.39, 0.29) is 0 Å². The molecule has 1 N–H and O–H groups in total. The van der Waals surface area contributed by atoms with Crippen molar-refractivity contribution in [2.45, 2.75) is 6.42 Å². The van der Waals surface area contributed by atoms with Gasteiger partial charge in [-0.05, 0) is 18.5 Å². The van der Waals surface area contributed by atoms with Gasteiger partial charge in [-0.3, -0.25) is 0 Å². The first-order valence-corrected chi connectivity index (χ1v) is 3.40.